The zero-order chi connectivity index (χ0) is 13.7. The van der Waals surface area contributed by atoms with E-state index in [0.29, 0.717) is 18.0 Å². The van der Waals surface area contributed by atoms with Crippen molar-refractivity contribution in [2.45, 2.75) is 33.2 Å². The van der Waals surface area contributed by atoms with Gasteiger partial charge in [-0.3, -0.25) is 4.79 Å². The van der Waals surface area contributed by atoms with Gasteiger partial charge in [-0.1, -0.05) is 36.5 Å². The molecular weight excluding hydrogens is 244 g/mol. The number of benzene rings is 1. The van der Waals surface area contributed by atoms with Crippen LogP contribution in [-0.4, -0.2) is 28.4 Å². The molecule has 18 heavy (non-hydrogen) atoms. The van der Waals surface area contributed by atoms with Crippen molar-refractivity contribution in [3.63, 3.8) is 0 Å². The Balaban J connectivity index is 2.79. The maximum absolute atomic E-state index is 12.3. The third-order valence-corrected chi connectivity index (χ3v) is 3.00. The van der Waals surface area contributed by atoms with Gasteiger partial charge in [0.2, 0.25) is 5.91 Å². The normalized spacial score (nSPS) is 10.4. The van der Waals surface area contributed by atoms with Crippen LogP contribution < -0.4 is 5.73 Å². The third kappa shape index (κ3) is 4.11. The summed E-state index contributed by atoms with van der Waals surface area (Å²) >= 11 is 4.88. The van der Waals surface area contributed by atoms with Crippen molar-refractivity contribution < 1.29 is 4.79 Å². The molecule has 0 aliphatic rings. The van der Waals surface area contributed by atoms with Gasteiger partial charge in [0.05, 0.1) is 18.0 Å². The fourth-order valence-corrected chi connectivity index (χ4v) is 1.94. The molecule has 3 nitrogen and oxygen atoms in total. The SMILES string of the molecule is Cc1ccccc1CC(=O)N(CC(N)=S)C(C)C. The molecule has 2 N–H and O–H groups in total. The van der Waals surface area contributed by atoms with Gasteiger partial charge in [-0.2, -0.15) is 0 Å². The number of hydrogen-bond acceptors (Lipinski definition) is 2. The fraction of sp³-hybridized carbons (Fsp3) is 0.429. The Labute approximate surface area is 114 Å². The molecule has 0 radical (unpaired) electrons. The summed E-state index contributed by atoms with van der Waals surface area (Å²) in [4.78, 5) is 14.3. The summed E-state index contributed by atoms with van der Waals surface area (Å²) in [6.45, 7) is 6.29. The molecule has 0 unspecified atom stereocenters. The second-order valence-corrected chi connectivity index (χ2v) is 5.21. The highest BCUT2D eigenvalue weighted by Gasteiger charge is 2.18. The number of carbonyl (C=O) groups is 1. The van der Waals surface area contributed by atoms with Gasteiger partial charge >= 0.3 is 0 Å². The average molecular weight is 264 g/mol. The lowest BCUT2D eigenvalue weighted by molar-refractivity contribution is -0.131. The van der Waals surface area contributed by atoms with Crippen molar-refractivity contribution in [3.8, 4) is 0 Å². The van der Waals surface area contributed by atoms with E-state index in [1.165, 1.54) is 0 Å². The predicted octanol–water partition coefficient (Wildman–Crippen LogP) is 2.06. The van der Waals surface area contributed by atoms with E-state index in [4.69, 9.17) is 18.0 Å². The van der Waals surface area contributed by atoms with Crippen molar-refractivity contribution in [3.05, 3.63) is 35.4 Å². The first kappa shape index (κ1) is 14.6. The molecule has 0 aliphatic heterocycles. The van der Waals surface area contributed by atoms with Crippen LogP contribution in [0.4, 0.5) is 0 Å². The van der Waals surface area contributed by atoms with Gasteiger partial charge in [-0.05, 0) is 31.9 Å². The van der Waals surface area contributed by atoms with Crippen molar-refractivity contribution in [1.29, 1.82) is 0 Å². The molecule has 1 aromatic rings. The Morgan fingerprint density at radius 1 is 1.39 bits per heavy atom. The summed E-state index contributed by atoms with van der Waals surface area (Å²) in [5.41, 5.74) is 7.71. The second kappa shape index (κ2) is 6.50. The number of aryl methyl sites for hydroxylation is 1. The minimum absolute atomic E-state index is 0.0621. The molecule has 0 saturated heterocycles. The molecule has 1 amide bonds. The van der Waals surface area contributed by atoms with E-state index in [0.717, 1.165) is 11.1 Å². The highest BCUT2D eigenvalue weighted by molar-refractivity contribution is 7.80. The minimum atomic E-state index is 0.0621. The molecule has 0 aromatic heterocycles. The fourth-order valence-electron chi connectivity index (χ4n) is 1.80. The number of thiocarbonyl (C=S) groups is 1. The monoisotopic (exact) mass is 264 g/mol. The quantitative estimate of drug-likeness (QED) is 0.828. The lowest BCUT2D eigenvalue weighted by Crippen LogP contribution is -2.43. The lowest BCUT2D eigenvalue weighted by Gasteiger charge is -2.26. The molecule has 98 valence electrons. The maximum Gasteiger partial charge on any atom is 0.227 e. The maximum atomic E-state index is 12.3. The first-order valence-electron chi connectivity index (χ1n) is 6.04. The smallest absolute Gasteiger partial charge is 0.227 e. The Hall–Kier alpha value is -1.42. The van der Waals surface area contributed by atoms with Crippen LogP contribution in [-0.2, 0) is 11.2 Å². The highest BCUT2D eigenvalue weighted by Crippen LogP contribution is 2.10. The largest absolute Gasteiger partial charge is 0.392 e. The van der Waals surface area contributed by atoms with Crippen LogP contribution in [0.25, 0.3) is 0 Å². The molecule has 0 heterocycles. The second-order valence-electron chi connectivity index (χ2n) is 4.68. The summed E-state index contributed by atoms with van der Waals surface area (Å²) in [6.07, 6.45) is 0.396. The number of amides is 1. The van der Waals surface area contributed by atoms with E-state index in [-0.39, 0.29) is 11.9 Å². The van der Waals surface area contributed by atoms with Crippen LogP contribution in [0.1, 0.15) is 25.0 Å². The Morgan fingerprint density at radius 2 is 2.00 bits per heavy atom. The van der Waals surface area contributed by atoms with E-state index in [2.05, 4.69) is 0 Å². The standard InChI is InChI=1S/C14H20N2OS/c1-10(2)16(9-13(15)18)14(17)8-12-7-5-4-6-11(12)3/h4-7,10H,8-9H2,1-3H3,(H2,15,18). The molecule has 0 spiro atoms. The number of nitrogens with zero attached hydrogens (tertiary/aromatic N) is 1. The van der Waals surface area contributed by atoms with Crippen LogP contribution in [0.3, 0.4) is 0 Å². The average Bonchev–Trinajstić information content (AvgIpc) is 2.28. The summed E-state index contributed by atoms with van der Waals surface area (Å²) in [7, 11) is 0. The van der Waals surface area contributed by atoms with Crippen LogP contribution in [0, 0.1) is 6.92 Å². The summed E-state index contributed by atoms with van der Waals surface area (Å²) in [6, 6.07) is 8.01. The van der Waals surface area contributed by atoms with Crippen LogP contribution >= 0.6 is 12.2 Å². The molecule has 0 saturated carbocycles. The summed E-state index contributed by atoms with van der Waals surface area (Å²) in [5.74, 6) is 0.0621. The zero-order valence-electron chi connectivity index (χ0n) is 11.1. The third-order valence-electron chi connectivity index (χ3n) is 2.87. The molecule has 0 bridgehead atoms. The van der Waals surface area contributed by atoms with Gasteiger partial charge in [-0.15, -0.1) is 0 Å². The van der Waals surface area contributed by atoms with Crippen molar-refractivity contribution in [2.24, 2.45) is 5.73 Å². The number of carbonyl (C=O) groups excluding carboxylic acids is 1. The topological polar surface area (TPSA) is 46.3 Å². The number of rotatable bonds is 5. The molecule has 0 fully saturated rings. The van der Waals surface area contributed by atoms with Gasteiger partial charge in [-0.25, -0.2) is 0 Å². The van der Waals surface area contributed by atoms with Gasteiger partial charge in [0, 0.05) is 6.04 Å². The zero-order valence-corrected chi connectivity index (χ0v) is 12.0. The molecule has 0 aliphatic carbocycles. The summed E-state index contributed by atoms with van der Waals surface area (Å²) < 4.78 is 0. The van der Waals surface area contributed by atoms with Crippen LogP contribution in [0.2, 0.25) is 0 Å². The molecule has 1 rings (SSSR count). The Morgan fingerprint density at radius 3 is 2.50 bits per heavy atom. The van der Waals surface area contributed by atoms with E-state index >= 15 is 0 Å². The predicted molar refractivity (Wildman–Crippen MR) is 78.5 cm³/mol. The van der Waals surface area contributed by atoms with Crippen molar-refractivity contribution in [1.82, 2.24) is 4.90 Å². The first-order chi connectivity index (χ1) is 8.41. The van der Waals surface area contributed by atoms with Gasteiger partial charge in [0.1, 0.15) is 0 Å². The van der Waals surface area contributed by atoms with E-state index in [9.17, 15) is 4.79 Å². The Bertz CT molecular complexity index is 443. The Kier molecular flexibility index (Phi) is 5.28. The van der Waals surface area contributed by atoms with Crippen LogP contribution in [0.5, 0.6) is 0 Å². The van der Waals surface area contributed by atoms with Crippen LogP contribution in [0.15, 0.2) is 24.3 Å². The van der Waals surface area contributed by atoms with E-state index < -0.39 is 0 Å². The van der Waals surface area contributed by atoms with Crippen molar-refractivity contribution in [2.75, 3.05) is 6.54 Å². The highest BCUT2D eigenvalue weighted by atomic mass is 32.1. The minimum Gasteiger partial charge on any atom is -0.392 e. The van der Waals surface area contributed by atoms with E-state index in [1.54, 1.807) is 4.90 Å². The molecule has 1 aromatic carbocycles. The van der Waals surface area contributed by atoms with Gasteiger partial charge in [0.15, 0.2) is 0 Å². The number of hydrogen-bond donors (Lipinski definition) is 1. The number of nitrogens with two attached hydrogens (primary N) is 1. The van der Waals surface area contributed by atoms with E-state index in [1.807, 2.05) is 45.0 Å². The van der Waals surface area contributed by atoms with Gasteiger partial charge < -0.3 is 10.6 Å². The molecule has 0 atom stereocenters. The summed E-state index contributed by atoms with van der Waals surface area (Å²) in [5, 5.41) is 0. The van der Waals surface area contributed by atoms with Gasteiger partial charge in [0.25, 0.3) is 0 Å². The van der Waals surface area contributed by atoms with Crippen molar-refractivity contribution >= 4 is 23.1 Å². The molecular formula is C14H20N2OS. The lowest BCUT2D eigenvalue weighted by atomic mass is 10.0. The molecule has 4 heteroatoms. The first-order valence-corrected chi connectivity index (χ1v) is 6.45.